The highest BCUT2D eigenvalue weighted by Crippen LogP contribution is 2.13. The van der Waals surface area contributed by atoms with E-state index >= 15 is 0 Å². The van der Waals surface area contributed by atoms with Gasteiger partial charge in [0.15, 0.2) is 5.82 Å². The maximum atomic E-state index is 5.44. The van der Waals surface area contributed by atoms with Gasteiger partial charge in [0.1, 0.15) is 6.54 Å². The largest absolute Gasteiger partial charge is 0.381 e. The van der Waals surface area contributed by atoms with Crippen LogP contribution in [0.3, 0.4) is 0 Å². The number of nitrogens with zero attached hydrogens (tertiary/aromatic N) is 4. The third-order valence-corrected chi connectivity index (χ3v) is 2.40. The number of pyridine rings is 1. The molecule has 0 fully saturated rings. The summed E-state index contributed by atoms with van der Waals surface area (Å²) in [4.78, 5) is 5.70. The van der Waals surface area contributed by atoms with Crippen LogP contribution in [-0.2, 0) is 6.54 Å². The lowest BCUT2D eigenvalue weighted by Crippen LogP contribution is -2.06. The molecule has 0 unspecified atom stereocenters. The van der Waals surface area contributed by atoms with Crippen LogP contribution in [0, 0.1) is 0 Å². The van der Waals surface area contributed by atoms with Crippen molar-refractivity contribution < 1.29 is 0 Å². The minimum absolute atomic E-state index is 0.414. The number of aromatic nitrogens is 4. The zero-order valence-electron chi connectivity index (χ0n) is 7.26. The van der Waals surface area contributed by atoms with Crippen LogP contribution in [0.15, 0.2) is 29.0 Å². The normalized spacial score (nSPS) is 10.4. The number of anilines is 1. The molecule has 0 aliphatic rings. The molecule has 0 saturated heterocycles. The lowest BCUT2D eigenvalue weighted by Gasteiger charge is -2.01. The maximum Gasteiger partial charge on any atom is 0.165 e. The Kier molecular flexibility index (Phi) is 2.45. The summed E-state index contributed by atoms with van der Waals surface area (Å²) in [6.45, 7) is 0.513. The first kappa shape index (κ1) is 9.14. The predicted octanol–water partition coefficient (Wildman–Crippen LogP) is 1.07. The van der Waals surface area contributed by atoms with Crippen molar-refractivity contribution in [2.45, 2.75) is 6.54 Å². The highest BCUT2D eigenvalue weighted by Gasteiger charge is 2.03. The van der Waals surface area contributed by atoms with Gasteiger partial charge in [-0.15, -0.1) is 5.10 Å². The van der Waals surface area contributed by atoms with E-state index in [0.29, 0.717) is 12.4 Å². The summed E-state index contributed by atoms with van der Waals surface area (Å²) in [5.74, 6) is 0.414. The number of nitrogens with two attached hydrogens (primary N) is 1. The van der Waals surface area contributed by atoms with Crippen LogP contribution in [0.25, 0.3) is 0 Å². The number of hydrogen-bond acceptors (Lipinski definition) is 4. The first-order chi connectivity index (χ1) is 6.75. The van der Waals surface area contributed by atoms with Crippen molar-refractivity contribution in [3.63, 3.8) is 0 Å². The average molecular weight is 254 g/mol. The van der Waals surface area contributed by atoms with E-state index in [1.807, 2.05) is 12.1 Å². The smallest absolute Gasteiger partial charge is 0.165 e. The van der Waals surface area contributed by atoms with Crippen LogP contribution in [0.2, 0.25) is 0 Å². The van der Waals surface area contributed by atoms with Crippen molar-refractivity contribution in [3.05, 3.63) is 34.7 Å². The summed E-state index contributed by atoms with van der Waals surface area (Å²) in [6.07, 6.45) is 3.24. The summed E-state index contributed by atoms with van der Waals surface area (Å²) >= 11 is 3.40. The molecule has 2 aromatic rings. The quantitative estimate of drug-likeness (QED) is 0.870. The van der Waals surface area contributed by atoms with Crippen LogP contribution in [-0.4, -0.2) is 20.0 Å². The molecule has 72 valence electrons. The van der Waals surface area contributed by atoms with Gasteiger partial charge >= 0.3 is 0 Å². The van der Waals surface area contributed by atoms with E-state index in [0.717, 1.165) is 10.2 Å². The van der Waals surface area contributed by atoms with E-state index in [4.69, 9.17) is 5.73 Å². The molecule has 0 aromatic carbocycles. The molecule has 0 bridgehead atoms. The zero-order valence-corrected chi connectivity index (χ0v) is 8.85. The van der Waals surface area contributed by atoms with Crippen LogP contribution in [0.4, 0.5) is 5.82 Å². The van der Waals surface area contributed by atoms with Crippen molar-refractivity contribution in [3.8, 4) is 0 Å². The minimum Gasteiger partial charge on any atom is -0.381 e. The second-order valence-corrected chi connectivity index (χ2v) is 3.59. The molecule has 0 amide bonds. The third-order valence-electron chi connectivity index (χ3n) is 1.68. The summed E-state index contributed by atoms with van der Waals surface area (Å²) in [7, 11) is 0. The SMILES string of the molecule is Nc1cnn(Cc2ncccc2Br)n1. The summed E-state index contributed by atoms with van der Waals surface area (Å²) in [6, 6.07) is 3.79. The van der Waals surface area contributed by atoms with Gasteiger partial charge in [0.05, 0.1) is 11.9 Å². The molecule has 2 aromatic heterocycles. The fourth-order valence-corrected chi connectivity index (χ4v) is 1.44. The topological polar surface area (TPSA) is 69.6 Å². The van der Waals surface area contributed by atoms with E-state index in [2.05, 4.69) is 31.1 Å². The molecule has 2 N–H and O–H groups in total. The third kappa shape index (κ3) is 1.90. The zero-order chi connectivity index (χ0) is 9.97. The second-order valence-electron chi connectivity index (χ2n) is 2.73. The van der Waals surface area contributed by atoms with Gasteiger partial charge in [0, 0.05) is 10.7 Å². The molecule has 6 heteroatoms. The summed E-state index contributed by atoms with van der Waals surface area (Å²) < 4.78 is 0.941. The van der Waals surface area contributed by atoms with Gasteiger partial charge in [0.25, 0.3) is 0 Å². The molecule has 0 spiro atoms. The molecule has 0 aliphatic carbocycles. The van der Waals surface area contributed by atoms with Gasteiger partial charge in [-0.1, -0.05) is 0 Å². The Morgan fingerprint density at radius 3 is 3.00 bits per heavy atom. The Balaban J connectivity index is 2.23. The van der Waals surface area contributed by atoms with Gasteiger partial charge in [-0.05, 0) is 28.1 Å². The van der Waals surface area contributed by atoms with Gasteiger partial charge in [-0.3, -0.25) is 4.98 Å². The fraction of sp³-hybridized carbons (Fsp3) is 0.125. The van der Waals surface area contributed by atoms with Gasteiger partial charge in [-0.25, -0.2) is 0 Å². The standard InChI is InChI=1S/C8H8BrN5/c9-6-2-1-3-11-7(6)5-14-12-4-8(10)13-14/h1-4H,5H2,(H2,10,13). The van der Waals surface area contributed by atoms with E-state index in [1.54, 1.807) is 6.20 Å². The molecule has 0 aliphatic heterocycles. The first-order valence-corrected chi connectivity index (χ1v) is 4.80. The molecule has 0 radical (unpaired) electrons. The Morgan fingerprint density at radius 2 is 2.36 bits per heavy atom. The molecular formula is C8H8BrN5. The Morgan fingerprint density at radius 1 is 1.50 bits per heavy atom. The van der Waals surface area contributed by atoms with E-state index in [9.17, 15) is 0 Å². The second kappa shape index (κ2) is 3.75. The van der Waals surface area contributed by atoms with Crippen molar-refractivity contribution in [2.75, 3.05) is 5.73 Å². The number of halogens is 1. The van der Waals surface area contributed by atoms with Gasteiger partial charge in [0.2, 0.25) is 0 Å². The fourth-order valence-electron chi connectivity index (χ4n) is 1.06. The summed E-state index contributed by atoms with van der Waals surface area (Å²) in [5.41, 5.74) is 6.32. The molecule has 0 saturated carbocycles. The first-order valence-electron chi connectivity index (χ1n) is 4.01. The van der Waals surface area contributed by atoms with Crippen LogP contribution < -0.4 is 5.73 Å². The minimum atomic E-state index is 0.414. The van der Waals surface area contributed by atoms with Crippen molar-refractivity contribution >= 4 is 21.7 Å². The van der Waals surface area contributed by atoms with Gasteiger partial charge < -0.3 is 5.73 Å². The van der Waals surface area contributed by atoms with Crippen molar-refractivity contribution in [1.82, 2.24) is 20.0 Å². The van der Waals surface area contributed by atoms with Crippen LogP contribution in [0.5, 0.6) is 0 Å². The molecule has 5 nitrogen and oxygen atoms in total. The highest BCUT2D eigenvalue weighted by atomic mass is 79.9. The molecule has 14 heavy (non-hydrogen) atoms. The average Bonchev–Trinajstić information content (AvgIpc) is 2.56. The molecular weight excluding hydrogens is 246 g/mol. The predicted molar refractivity (Wildman–Crippen MR) is 55.5 cm³/mol. The van der Waals surface area contributed by atoms with E-state index < -0.39 is 0 Å². The Labute approximate surface area is 89.1 Å². The van der Waals surface area contributed by atoms with Crippen molar-refractivity contribution in [2.24, 2.45) is 0 Å². The number of rotatable bonds is 2. The highest BCUT2D eigenvalue weighted by molar-refractivity contribution is 9.10. The number of nitrogen functional groups attached to an aromatic ring is 1. The Hall–Kier alpha value is -1.43. The lowest BCUT2D eigenvalue weighted by molar-refractivity contribution is 0.582. The maximum absolute atomic E-state index is 5.44. The van der Waals surface area contributed by atoms with E-state index in [-0.39, 0.29) is 0 Å². The lowest BCUT2D eigenvalue weighted by atomic mass is 10.3. The molecule has 0 atom stereocenters. The van der Waals surface area contributed by atoms with E-state index in [1.165, 1.54) is 11.0 Å². The monoisotopic (exact) mass is 253 g/mol. The van der Waals surface area contributed by atoms with Crippen LogP contribution in [0.1, 0.15) is 5.69 Å². The van der Waals surface area contributed by atoms with Gasteiger partial charge in [-0.2, -0.15) is 9.90 Å². The molecule has 2 heterocycles. The van der Waals surface area contributed by atoms with Crippen molar-refractivity contribution in [1.29, 1.82) is 0 Å². The summed E-state index contributed by atoms with van der Waals surface area (Å²) in [5, 5.41) is 7.94. The molecule has 2 rings (SSSR count). The van der Waals surface area contributed by atoms with Crippen LogP contribution >= 0.6 is 15.9 Å². The Bertz CT molecular complexity index is 439. The number of hydrogen-bond donors (Lipinski definition) is 1.